The van der Waals surface area contributed by atoms with Crippen LogP contribution in [0.1, 0.15) is 15.9 Å². The van der Waals surface area contributed by atoms with Crippen LogP contribution >= 0.6 is 12.4 Å². The van der Waals surface area contributed by atoms with E-state index in [2.05, 4.69) is 5.32 Å². The number of nitrogens with two attached hydrogens (primary N) is 1. The first-order valence-corrected chi connectivity index (χ1v) is 9.56. The Morgan fingerprint density at radius 1 is 1.16 bits per heavy atom. The number of aliphatic hydroxyl groups is 1. The molecule has 1 amide bonds. The Morgan fingerprint density at radius 3 is 2.61 bits per heavy atom. The van der Waals surface area contributed by atoms with Gasteiger partial charge in [0.25, 0.3) is 5.91 Å². The van der Waals surface area contributed by atoms with Crippen LogP contribution in [0.5, 0.6) is 17.2 Å². The van der Waals surface area contributed by atoms with Gasteiger partial charge in [0, 0.05) is 12.1 Å². The second kappa shape index (κ2) is 9.80. The highest BCUT2D eigenvalue weighted by Crippen LogP contribution is 2.34. The molecule has 2 aromatic rings. The molecule has 0 saturated carbocycles. The monoisotopic (exact) mass is 454 g/mol. The number of nitrogens with one attached hydrogen (secondary N) is 1. The van der Waals surface area contributed by atoms with Crippen molar-refractivity contribution in [2.24, 2.45) is 5.73 Å². The Morgan fingerprint density at radius 2 is 1.90 bits per heavy atom. The van der Waals surface area contributed by atoms with E-state index in [1.807, 2.05) is 0 Å². The largest absolute Gasteiger partial charge is 0.493 e. The average Bonchev–Trinajstić information content (AvgIpc) is 3.32. The van der Waals surface area contributed by atoms with Crippen molar-refractivity contribution in [2.75, 3.05) is 20.3 Å². The number of rotatable bonds is 6. The first kappa shape index (κ1) is 23.2. The molecule has 2 aliphatic heterocycles. The number of hydrogen-bond acceptors (Lipinski definition) is 7. The van der Waals surface area contributed by atoms with Crippen LogP contribution in [-0.2, 0) is 16.0 Å². The summed E-state index contributed by atoms with van der Waals surface area (Å²) in [5, 5.41) is 12.7. The first-order chi connectivity index (χ1) is 14.5. The topological polar surface area (TPSA) is 112 Å². The maximum atomic E-state index is 14.3. The van der Waals surface area contributed by atoms with Crippen LogP contribution in [0.3, 0.4) is 0 Å². The maximum absolute atomic E-state index is 14.3. The summed E-state index contributed by atoms with van der Waals surface area (Å²) < 4.78 is 36.3. The molecular weight excluding hydrogens is 431 g/mol. The fourth-order valence-corrected chi connectivity index (χ4v) is 3.62. The van der Waals surface area contributed by atoms with E-state index in [-0.39, 0.29) is 55.6 Å². The molecule has 0 aromatic heterocycles. The van der Waals surface area contributed by atoms with Crippen LogP contribution in [0.15, 0.2) is 36.4 Å². The molecule has 4 N–H and O–H groups in total. The van der Waals surface area contributed by atoms with E-state index >= 15 is 0 Å². The fraction of sp³-hybridized carbons (Fsp3) is 0.381. The number of amides is 1. The lowest BCUT2D eigenvalue weighted by molar-refractivity contribution is 0.0178. The summed E-state index contributed by atoms with van der Waals surface area (Å²) >= 11 is 0. The van der Waals surface area contributed by atoms with Crippen molar-refractivity contribution >= 4 is 18.3 Å². The third-order valence-corrected chi connectivity index (χ3v) is 5.22. The summed E-state index contributed by atoms with van der Waals surface area (Å²) in [5.41, 5.74) is 6.46. The van der Waals surface area contributed by atoms with Gasteiger partial charge in [0.2, 0.25) is 0 Å². The highest BCUT2D eigenvalue weighted by Gasteiger charge is 2.47. The van der Waals surface area contributed by atoms with Crippen LogP contribution in [0.25, 0.3) is 0 Å². The molecule has 0 bridgehead atoms. The van der Waals surface area contributed by atoms with Gasteiger partial charge in [-0.3, -0.25) is 4.79 Å². The van der Waals surface area contributed by atoms with Crippen molar-refractivity contribution in [3.8, 4) is 17.2 Å². The van der Waals surface area contributed by atoms with Crippen molar-refractivity contribution in [3.63, 3.8) is 0 Å². The number of fused-ring (bicyclic) bond motifs is 1. The van der Waals surface area contributed by atoms with Crippen molar-refractivity contribution in [1.82, 2.24) is 5.32 Å². The number of methoxy groups -OCH3 is 1. The lowest BCUT2D eigenvalue weighted by Gasteiger charge is -2.18. The van der Waals surface area contributed by atoms with Crippen molar-refractivity contribution < 1.29 is 33.2 Å². The van der Waals surface area contributed by atoms with E-state index in [0.717, 1.165) is 0 Å². The maximum Gasteiger partial charge on any atom is 0.251 e. The van der Waals surface area contributed by atoms with Gasteiger partial charge in [0.1, 0.15) is 18.3 Å². The molecule has 4 rings (SSSR count). The predicted octanol–water partition coefficient (Wildman–Crippen LogP) is 1.76. The Labute approximate surface area is 184 Å². The van der Waals surface area contributed by atoms with E-state index < -0.39 is 24.1 Å². The van der Waals surface area contributed by atoms with E-state index in [9.17, 15) is 14.3 Å². The average molecular weight is 455 g/mol. The summed E-state index contributed by atoms with van der Waals surface area (Å²) in [7, 11) is 1.45. The number of hydrogen-bond donors (Lipinski definition) is 3. The van der Waals surface area contributed by atoms with Crippen molar-refractivity contribution in [1.29, 1.82) is 0 Å². The number of ether oxygens (including phenoxy) is 4. The number of halogens is 2. The first-order valence-electron chi connectivity index (χ1n) is 9.56. The molecular formula is C21H24ClFN2O6. The highest BCUT2D eigenvalue weighted by atomic mass is 35.5. The van der Waals surface area contributed by atoms with Gasteiger partial charge in [-0.05, 0) is 35.9 Å². The Bertz CT molecular complexity index is 946. The Balaban J connectivity index is 0.00000272. The third kappa shape index (κ3) is 4.76. The summed E-state index contributed by atoms with van der Waals surface area (Å²) in [4.78, 5) is 12.8. The van der Waals surface area contributed by atoms with E-state index in [0.29, 0.717) is 16.9 Å². The van der Waals surface area contributed by atoms with E-state index in [4.69, 9.17) is 24.7 Å². The molecule has 2 heterocycles. The molecule has 2 aliphatic rings. The minimum Gasteiger partial charge on any atom is -0.493 e. The Hall–Kier alpha value is -2.43. The zero-order chi connectivity index (χ0) is 21.3. The minimum absolute atomic E-state index is 0. The van der Waals surface area contributed by atoms with Crippen molar-refractivity contribution in [3.05, 3.63) is 53.3 Å². The summed E-state index contributed by atoms with van der Waals surface area (Å²) in [5.74, 6) is -0.414. The summed E-state index contributed by atoms with van der Waals surface area (Å²) in [6.45, 7) is 0.636. The lowest BCUT2D eigenvalue weighted by Crippen LogP contribution is -2.44. The minimum atomic E-state index is -0.696. The van der Waals surface area contributed by atoms with Crippen LogP contribution in [-0.4, -0.2) is 55.7 Å². The number of aliphatic hydroxyl groups excluding tert-OH is 1. The van der Waals surface area contributed by atoms with Crippen LogP contribution in [0, 0.1) is 5.82 Å². The SMILES string of the molecule is COc1ccc(C(=O)N[C@@H]2CO[C@H]3[C@@H]2OC[C@H]3O)cc1Oc1ccc(CN)cc1F.Cl. The molecule has 2 saturated heterocycles. The van der Waals surface area contributed by atoms with Crippen LogP contribution in [0.2, 0.25) is 0 Å². The van der Waals surface area contributed by atoms with Gasteiger partial charge in [-0.1, -0.05) is 6.07 Å². The van der Waals surface area contributed by atoms with Gasteiger partial charge in [0.15, 0.2) is 23.1 Å². The number of carbonyl (C=O) groups excluding carboxylic acids is 1. The summed E-state index contributed by atoms with van der Waals surface area (Å²) in [6, 6.07) is 8.67. The highest BCUT2D eigenvalue weighted by molar-refractivity contribution is 5.95. The molecule has 0 radical (unpaired) electrons. The van der Waals surface area contributed by atoms with Crippen LogP contribution in [0.4, 0.5) is 4.39 Å². The standard InChI is InChI=1S/C21H23FN2O6.ClH/c1-27-17-5-3-12(7-18(17)30-16-4-2-11(8-23)6-13(16)22)21(26)24-14-9-28-20-15(25)10-29-19(14)20;/h2-7,14-15,19-20,25H,8-10,23H2,1H3,(H,24,26);1H/t14-,15-,19-,20-;/m1./s1. The van der Waals surface area contributed by atoms with Gasteiger partial charge < -0.3 is 35.1 Å². The van der Waals surface area contributed by atoms with Gasteiger partial charge >= 0.3 is 0 Å². The molecule has 0 spiro atoms. The van der Waals surface area contributed by atoms with Gasteiger partial charge in [0.05, 0.1) is 26.4 Å². The predicted molar refractivity (Wildman–Crippen MR) is 111 cm³/mol. The van der Waals surface area contributed by atoms with Gasteiger partial charge in [-0.15, -0.1) is 12.4 Å². The van der Waals surface area contributed by atoms with Crippen LogP contribution < -0.4 is 20.5 Å². The lowest BCUT2D eigenvalue weighted by atomic mass is 10.1. The second-order valence-corrected chi connectivity index (χ2v) is 7.18. The zero-order valence-electron chi connectivity index (χ0n) is 16.7. The molecule has 0 aliphatic carbocycles. The number of carbonyl (C=O) groups is 1. The summed E-state index contributed by atoms with van der Waals surface area (Å²) in [6.07, 6.45) is -1.53. The third-order valence-electron chi connectivity index (χ3n) is 5.22. The molecule has 2 fully saturated rings. The van der Waals surface area contributed by atoms with Gasteiger partial charge in [-0.25, -0.2) is 4.39 Å². The van der Waals surface area contributed by atoms with Gasteiger partial charge in [-0.2, -0.15) is 0 Å². The molecule has 8 nitrogen and oxygen atoms in total. The number of benzene rings is 2. The van der Waals surface area contributed by atoms with E-state index in [1.54, 1.807) is 18.2 Å². The molecule has 2 aromatic carbocycles. The molecule has 168 valence electrons. The van der Waals surface area contributed by atoms with Crippen molar-refractivity contribution in [2.45, 2.75) is 30.9 Å². The molecule has 0 unspecified atom stereocenters. The molecule has 10 heteroatoms. The second-order valence-electron chi connectivity index (χ2n) is 7.18. The molecule has 4 atom stereocenters. The molecule has 31 heavy (non-hydrogen) atoms. The quantitative estimate of drug-likeness (QED) is 0.609. The smallest absolute Gasteiger partial charge is 0.251 e. The normalized spacial score (nSPS) is 24.3. The van der Waals surface area contributed by atoms with E-state index in [1.165, 1.54) is 25.3 Å². The fourth-order valence-electron chi connectivity index (χ4n) is 3.62. The zero-order valence-corrected chi connectivity index (χ0v) is 17.6. The Kier molecular flexibility index (Phi) is 7.34.